The Morgan fingerprint density at radius 3 is 1.00 bits per heavy atom. The van der Waals surface area contributed by atoms with Crippen LogP contribution in [-0.4, -0.2) is 9.13 Å². The molecule has 250 valence electrons. The number of aromatic nitrogens is 2. The number of nitriles is 2. The molecule has 0 N–H and O–H groups in total. The number of para-hydroxylation sites is 1. The third-order valence-electron chi connectivity index (χ3n) is 10.5. The van der Waals surface area contributed by atoms with Gasteiger partial charge in [-0.2, -0.15) is 10.5 Å². The largest absolute Gasteiger partial charge is 0.309 e. The van der Waals surface area contributed by atoms with E-state index in [2.05, 4.69) is 179 Å². The topological polar surface area (TPSA) is 57.4 Å². The van der Waals surface area contributed by atoms with Gasteiger partial charge in [0.15, 0.2) is 0 Å². The van der Waals surface area contributed by atoms with Gasteiger partial charge in [-0.25, -0.2) is 0 Å². The van der Waals surface area contributed by atoms with Crippen LogP contribution in [0.15, 0.2) is 182 Å². The lowest BCUT2D eigenvalue weighted by Gasteiger charge is -2.10. The molecule has 0 aliphatic rings. The van der Waals surface area contributed by atoms with Crippen molar-refractivity contribution >= 4 is 43.6 Å². The summed E-state index contributed by atoms with van der Waals surface area (Å²) in [6.07, 6.45) is 0. The van der Waals surface area contributed by atoms with Crippen LogP contribution >= 0.6 is 0 Å². The van der Waals surface area contributed by atoms with E-state index in [0.29, 0.717) is 11.1 Å². The molecule has 0 saturated heterocycles. The molecular formula is C50H30N4. The first-order valence-electron chi connectivity index (χ1n) is 18.0. The van der Waals surface area contributed by atoms with Crippen LogP contribution in [0.3, 0.4) is 0 Å². The van der Waals surface area contributed by atoms with Crippen molar-refractivity contribution in [1.29, 1.82) is 10.5 Å². The lowest BCUT2D eigenvalue weighted by atomic mass is 9.98. The third kappa shape index (κ3) is 5.06. The second-order valence-electron chi connectivity index (χ2n) is 13.7. The summed E-state index contributed by atoms with van der Waals surface area (Å²) in [7, 11) is 0. The molecule has 0 unspecified atom stereocenters. The predicted octanol–water partition coefficient (Wildman–Crippen LogP) is 12.6. The molecular weight excluding hydrogens is 657 g/mol. The average Bonchev–Trinajstić information content (AvgIpc) is 3.75. The van der Waals surface area contributed by atoms with E-state index in [1.807, 2.05) is 18.2 Å². The maximum Gasteiger partial charge on any atom is 0.0992 e. The molecule has 0 aliphatic heterocycles. The summed E-state index contributed by atoms with van der Waals surface area (Å²) < 4.78 is 4.53. The molecule has 0 radical (unpaired) electrons. The van der Waals surface area contributed by atoms with Gasteiger partial charge in [0.1, 0.15) is 0 Å². The van der Waals surface area contributed by atoms with E-state index in [9.17, 15) is 10.5 Å². The first-order chi connectivity index (χ1) is 26.7. The highest BCUT2D eigenvalue weighted by Gasteiger charge is 2.18. The number of nitrogens with zero attached hydrogens (tertiary/aromatic N) is 4. The number of hydrogen-bond donors (Lipinski definition) is 0. The predicted molar refractivity (Wildman–Crippen MR) is 221 cm³/mol. The molecule has 4 heteroatoms. The van der Waals surface area contributed by atoms with Gasteiger partial charge in [0, 0.05) is 32.9 Å². The van der Waals surface area contributed by atoms with E-state index in [1.165, 1.54) is 21.9 Å². The van der Waals surface area contributed by atoms with Gasteiger partial charge in [-0.15, -0.1) is 0 Å². The second kappa shape index (κ2) is 12.5. The highest BCUT2D eigenvalue weighted by molar-refractivity contribution is 6.14. The average molecular weight is 687 g/mol. The fraction of sp³-hybridized carbons (Fsp3) is 0. The van der Waals surface area contributed by atoms with E-state index in [4.69, 9.17) is 0 Å². The first-order valence-corrected chi connectivity index (χ1v) is 18.0. The van der Waals surface area contributed by atoms with E-state index in [-0.39, 0.29) is 0 Å². The van der Waals surface area contributed by atoms with Crippen LogP contribution in [0.1, 0.15) is 11.1 Å². The normalized spacial score (nSPS) is 11.3. The van der Waals surface area contributed by atoms with Crippen molar-refractivity contribution in [3.8, 4) is 56.9 Å². The monoisotopic (exact) mass is 686 g/mol. The van der Waals surface area contributed by atoms with Crippen LogP contribution in [0.5, 0.6) is 0 Å². The highest BCUT2D eigenvalue weighted by atomic mass is 15.0. The van der Waals surface area contributed by atoms with E-state index >= 15 is 0 Å². The lowest BCUT2D eigenvalue weighted by molar-refractivity contribution is 1.17. The lowest BCUT2D eigenvalue weighted by Crippen LogP contribution is -1.96. The SMILES string of the molecule is N#Cc1cc(C#N)cc(-n2c3ccc(-c4ccccc4)cc3c3cc(-c4ccc5c(c4)c4cc(-c6ccccc6)ccc4n5-c4ccccc4)ccc32)c1. The summed E-state index contributed by atoms with van der Waals surface area (Å²) >= 11 is 0. The summed E-state index contributed by atoms with van der Waals surface area (Å²) in [5, 5.41) is 24.3. The third-order valence-corrected chi connectivity index (χ3v) is 10.5. The smallest absolute Gasteiger partial charge is 0.0992 e. The van der Waals surface area contributed by atoms with Gasteiger partial charge in [0.05, 0.1) is 45.3 Å². The van der Waals surface area contributed by atoms with Crippen LogP contribution in [0.4, 0.5) is 0 Å². The Morgan fingerprint density at radius 2 is 0.630 bits per heavy atom. The zero-order chi connectivity index (χ0) is 36.2. The molecule has 4 nitrogen and oxygen atoms in total. The van der Waals surface area contributed by atoms with Crippen molar-refractivity contribution < 1.29 is 0 Å². The summed E-state index contributed by atoms with van der Waals surface area (Å²) in [4.78, 5) is 0. The van der Waals surface area contributed by atoms with Gasteiger partial charge < -0.3 is 9.13 Å². The Balaban J connectivity index is 1.21. The molecule has 0 spiro atoms. The maximum absolute atomic E-state index is 9.84. The maximum atomic E-state index is 9.84. The molecule has 0 amide bonds. The molecule has 0 bridgehead atoms. The van der Waals surface area contributed by atoms with Gasteiger partial charge in [-0.3, -0.25) is 0 Å². The molecule has 0 aliphatic carbocycles. The van der Waals surface area contributed by atoms with Gasteiger partial charge >= 0.3 is 0 Å². The summed E-state index contributed by atoms with van der Waals surface area (Å²) in [6, 6.07) is 68.2. The van der Waals surface area contributed by atoms with E-state index in [1.54, 1.807) is 6.07 Å². The molecule has 2 aromatic heterocycles. The van der Waals surface area contributed by atoms with Gasteiger partial charge in [-0.05, 0) is 112 Å². The fourth-order valence-corrected chi connectivity index (χ4v) is 8.03. The van der Waals surface area contributed by atoms with Crippen molar-refractivity contribution in [1.82, 2.24) is 9.13 Å². The van der Waals surface area contributed by atoms with Crippen LogP contribution < -0.4 is 0 Å². The summed E-state index contributed by atoms with van der Waals surface area (Å²) in [6.45, 7) is 0. The van der Waals surface area contributed by atoms with E-state index in [0.717, 1.165) is 66.5 Å². The molecule has 10 rings (SSSR count). The molecule has 54 heavy (non-hydrogen) atoms. The summed E-state index contributed by atoms with van der Waals surface area (Å²) in [5.41, 5.74) is 14.0. The zero-order valence-electron chi connectivity index (χ0n) is 29.1. The van der Waals surface area contributed by atoms with Crippen molar-refractivity contribution in [3.63, 3.8) is 0 Å². The Hall–Kier alpha value is -7.66. The number of hydrogen-bond acceptors (Lipinski definition) is 2. The van der Waals surface area contributed by atoms with Crippen LogP contribution in [-0.2, 0) is 0 Å². The molecule has 2 heterocycles. The van der Waals surface area contributed by atoms with Crippen molar-refractivity contribution in [3.05, 3.63) is 193 Å². The minimum atomic E-state index is 0.454. The van der Waals surface area contributed by atoms with Gasteiger partial charge in [-0.1, -0.05) is 103 Å². The zero-order valence-corrected chi connectivity index (χ0v) is 29.1. The first kappa shape index (κ1) is 31.1. The van der Waals surface area contributed by atoms with E-state index < -0.39 is 0 Å². The Morgan fingerprint density at radius 1 is 0.296 bits per heavy atom. The fourth-order valence-electron chi connectivity index (χ4n) is 8.03. The number of benzene rings is 8. The quantitative estimate of drug-likeness (QED) is 0.181. The molecule has 0 saturated carbocycles. The van der Waals surface area contributed by atoms with Crippen molar-refractivity contribution in [2.45, 2.75) is 0 Å². The Bertz CT molecular complexity index is 3120. The summed E-state index contributed by atoms with van der Waals surface area (Å²) in [5.74, 6) is 0. The molecule has 8 aromatic carbocycles. The standard InChI is InChI=1S/C50H30N4/c51-31-33-24-34(32-52)26-42(25-33)54-49-21-17-38(36-12-6-2-7-13-36)28-44(49)46-30-40(19-23-50(46)54)39-18-22-48-45(29-39)43-27-37(35-10-4-1-5-11-35)16-20-47(43)53(48)41-14-8-3-9-15-41/h1-30H. The minimum absolute atomic E-state index is 0.454. The number of rotatable bonds is 5. The van der Waals surface area contributed by atoms with Gasteiger partial charge in [0.2, 0.25) is 0 Å². The van der Waals surface area contributed by atoms with Crippen LogP contribution in [0.2, 0.25) is 0 Å². The second-order valence-corrected chi connectivity index (χ2v) is 13.7. The van der Waals surface area contributed by atoms with Crippen molar-refractivity contribution in [2.24, 2.45) is 0 Å². The highest BCUT2D eigenvalue weighted by Crippen LogP contribution is 2.40. The molecule has 0 fully saturated rings. The molecule has 0 atom stereocenters. The van der Waals surface area contributed by atoms with Crippen LogP contribution in [0.25, 0.3) is 88.4 Å². The minimum Gasteiger partial charge on any atom is -0.309 e. The molecule has 10 aromatic rings. The van der Waals surface area contributed by atoms with Gasteiger partial charge in [0.25, 0.3) is 0 Å². The Labute approximate surface area is 312 Å². The van der Waals surface area contributed by atoms with Crippen molar-refractivity contribution in [2.75, 3.05) is 0 Å². The Kier molecular flexibility index (Phi) is 7.22. The number of fused-ring (bicyclic) bond motifs is 6. The van der Waals surface area contributed by atoms with Crippen LogP contribution in [0, 0.1) is 22.7 Å².